The van der Waals surface area contributed by atoms with Crippen LogP contribution in [0, 0.1) is 0 Å². The molecule has 0 spiro atoms. The fraction of sp³-hybridized carbons (Fsp3) is 1.00. The van der Waals surface area contributed by atoms with Gasteiger partial charge >= 0.3 is 0 Å². The van der Waals surface area contributed by atoms with Crippen LogP contribution in [0.25, 0.3) is 0 Å². The first-order chi connectivity index (χ1) is 15.3. The summed E-state index contributed by atoms with van der Waals surface area (Å²) in [5, 5.41) is 0. The Hall–Kier alpha value is -0.400. The Morgan fingerprint density at radius 1 is 0.323 bits per heavy atom. The van der Waals surface area contributed by atoms with Gasteiger partial charge in [-0.25, -0.2) is 0 Å². The molecular weight excluding hydrogens is 410 g/mol. The van der Waals surface area contributed by atoms with Gasteiger partial charge in [0.25, 0.3) is 0 Å². The molecule has 0 N–H and O–H groups in total. The van der Waals surface area contributed by atoms with Crippen molar-refractivity contribution in [1.29, 1.82) is 0 Å². The van der Waals surface area contributed by atoms with Crippen LogP contribution in [0.4, 0.5) is 0 Å². The zero-order chi connectivity index (χ0) is 22.7. The van der Waals surface area contributed by atoms with Crippen molar-refractivity contribution in [2.24, 2.45) is 0 Å². The van der Waals surface area contributed by atoms with E-state index in [9.17, 15) is 0 Å². The summed E-state index contributed by atoms with van der Waals surface area (Å²) in [5.74, 6) is 0. The summed E-state index contributed by atoms with van der Waals surface area (Å²) in [5.41, 5.74) is 0. The van der Waals surface area contributed by atoms with E-state index in [1.807, 2.05) is 0 Å². The molecule has 0 aromatic carbocycles. The van der Waals surface area contributed by atoms with Gasteiger partial charge in [0.2, 0.25) is 0 Å². The van der Waals surface area contributed by atoms with Gasteiger partial charge in [-0.3, -0.25) is 4.90 Å². The first-order valence-electron chi connectivity index (χ1n) is 11.0. The Bertz CT molecular complexity index is 280. The van der Waals surface area contributed by atoms with E-state index >= 15 is 0 Å². The molecule has 0 aromatic rings. The van der Waals surface area contributed by atoms with Crippen molar-refractivity contribution < 1.29 is 42.6 Å². The maximum atomic E-state index is 5.66. The van der Waals surface area contributed by atoms with Crippen LogP contribution in [0.15, 0.2) is 0 Å². The van der Waals surface area contributed by atoms with Gasteiger partial charge in [0, 0.05) is 41.0 Å². The molecule has 0 radical (unpaired) electrons. The molecule has 0 bridgehead atoms. The molecule has 0 unspecified atom stereocenters. The Morgan fingerprint density at radius 3 is 0.806 bits per heavy atom. The summed E-state index contributed by atoms with van der Waals surface area (Å²) in [6.45, 7) is 11.3. The third-order valence-electron chi connectivity index (χ3n) is 4.07. The molecule has 0 amide bonds. The highest BCUT2D eigenvalue weighted by atomic mass is 16.6. The van der Waals surface area contributed by atoms with Crippen molar-refractivity contribution in [3.8, 4) is 0 Å². The fourth-order valence-corrected chi connectivity index (χ4v) is 2.31. The van der Waals surface area contributed by atoms with E-state index in [2.05, 4.69) is 4.90 Å². The van der Waals surface area contributed by atoms with Crippen molar-refractivity contribution in [1.82, 2.24) is 4.90 Å². The van der Waals surface area contributed by atoms with Crippen LogP contribution in [-0.4, -0.2) is 145 Å². The molecule has 0 saturated carbocycles. The van der Waals surface area contributed by atoms with Crippen molar-refractivity contribution >= 4 is 0 Å². The number of hydrogen-bond donors (Lipinski definition) is 0. The number of rotatable bonds is 27. The molecule has 0 atom stereocenters. The summed E-state index contributed by atoms with van der Waals surface area (Å²) < 4.78 is 48.0. The molecule has 0 aromatic heterocycles. The van der Waals surface area contributed by atoms with Crippen LogP contribution in [0.5, 0.6) is 0 Å². The van der Waals surface area contributed by atoms with Crippen molar-refractivity contribution in [2.75, 3.05) is 140 Å². The van der Waals surface area contributed by atoms with Crippen LogP contribution in [-0.2, 0) is 42.6 Å². The molecule has 0 fully saturated rings. The molecule has 188 valence electrons. The third kappa shape index (κ3) is 25.7. The van der Waals surface area contributed by atoms with Crippen LogP contribution >= 0.6 is 0 Å². The molecule has 31 heavy (non-hydrogen) atoms. The molecule has 0 aliphatic rings. The van der Waals surface area contributed by atoms with Gasteiger partial charge in [-0.1, -0.05) is 0 Å². The molecule has 0 aliphatic heterocycles. The third-order valence-corrected chi connectivity index (χ3v) is 4.07. The largest absolute Gasteiger partial charge is 0.382 e. The summed E-state index contributed by atoms with van der Waals surface area (Å²) in [6.07, 6.45) is 0. The minimum atomic E-state index is 0.571. The molecule has 0 rings (SSSR count). The second-order valence-electron chi connectivity index (χ2n) is 6.49. The number of hydrogen-bond acceptors (Lipinski definition) is 10. The van der Waals surface area contributed by atoms with Crippen LogP contribution < -0.4 is 0 Å². The lowest BCUT2D eigenvalue weighted by molar-refractivity contribution is -0.000605. The highest BCUT2D eigenvalue weighted by Crippen LogP contribution is 1.93. The average molecular weight is 456 g/mol. The molecular formula is C21H45NO9. The first-order valence-corrected chi connectivity index (χ1v) is 11.0. The molecule has 10 nitrogen and oxygen atoms in total. The van der Waals surface area contributed by atoms with E-state index in [1.165, 1.54) is 0 Å². The van der Waals surface area contributed by atoms with Crippen LogP contribution in [0.3, 0.4) is 0 Å². The SMILES string of the molecule is COCCOCCOCCN(CCOCCOCCOC)CCOCCOCCOC. The number of nitrogens with zero attached hydrogens (tertiary/aromatic N) is 1. The van der Waals surface area contributed by atoms with Gasteiger partial charge in [0.15, 0.2) is 0 Å². The van der Waals surface area contributed by atoms with E-state index in [0.717, 1.165) is 19.6 Å². The van der Waals surface area contributed by atoms with E-state index in [4.69, 9.17) is 42.6 Å². The van der Waals surface area contributed by atoms with Crippen molar-refractivity contribution in [2.45, 2.75) is 0 Å². The quantitative estimate of drug-likeness (QED) is 0.162. The Balaban J connectivity index is 3.82. The topological polar surface area (TPSA) is 86.3 Å². The lowest BCUT2D eigenvalue weighted by atomic mass is 10.4. The summed E-state index contributed by atoms with van der Waals surface area (Å²) in [4.78, 5) is 2.27. The molecule has 0 aliphatic carbocycles. The van der Waals surface area contributed by atoms with E-state index < -0.39 is 0 Å². The number of methoxy groups -OCH3 is 3. The maximum absolute atomic E-state index is 5.66. The second kappa shape index (κ2) is 27.6. The smallest absolute Gasteiger partial charge is 0.0701 e. The molecule has 10 heteroatoms. The Morgan fingerprint density at radius 2 is 0.548 bits per heavy atom. The van der Waals surface area contributed by atoms with Crippen molar-refractivity contribution in [3.05, 3.63) is 0 Å². The summed E-state index contributed by atoms with van der Waals surface area (Å²) in [6, 6.07) is 0. The lowest BCUT2D eigenvalue weighted by Crippen LogP contribution is -2.34. The van der Waals surface area contributed by atoms with Crippen LogP contribution in [0.1, 0.15) is 0 Å². The van der Waals surface area contributed by atoms with Gasteiger partial charge in [-0.05, 0) is 0 Å². The van der Waals surface area contributed by atoms with E-state index in [-0.39, 0.29) is 0 Å². The highest BCUT2D eigenvalue weighted by Gasteiger charge is 2.05. The lowest BCUT2D eigenvalue weighted by Gasteiger charge is -2.22. The minimum absolute atomic E-state index is 0.571. The zero-order valence-corrected chi connectivity index (χ0v) is 19.8. The fourth-order valence-electron chi connectivity index (χ4n) is 2.31. The van der Waals surface area contributed by atoms with Gasteiger partial charge in [-0.2, -0.15) is 0 Å². The normalized spacial score (nSPS) is 11.6. The zero-order valence-electron chi connectivity index (χ0n) is 19.8. The van der Waals surface area contributed by atoms with Gasteiger partial charge in [0.1, 0.15) is 0 Å². The Labute approximate surface area is 188 Å². The Kier molecular flexibility index (Phi) is 27.3. The van der Waals surface area contributed by atoms with Crippen molar-refractivity contribution in [3.63, 3.8) is 0 Å². The van der Waals surface area contributed by atoms with Gasteiger partial charge in [0.05, 0.1) is 99.1 Å². The second-order valence-corrected chi connectivity index (χ2v) is 6.49. The summed E-state index contributed by atoms with van der Waals surface area (Å²) >= 11 is 0. The van der Waals surface area contributed by atoms with E-state index in [1.54, 1.807) is 21.3 Å². The monoisotopic (exact) mass is 455 g/mol. The van der Waals surface area contributed by atoms with Gasteiger partial charge in [-0.15, -0.1) is 0 Å². The molecule has 0 saturated heterocycles. The standard InChI is InChI=1S/C21H45NO9/c1-23-10-13-29-19-16-26-7-4-22(5-8-27-17-20-30-14-11-24-2)6-9-28-18-21-31-15-12-25-3/h4-21H2,1-3H3. The molecule has 0 heterocycles. The maximum Gasteiger partial charge on any atom is 0.0701 e. The van der Waals surface area contributed by atoms with E-state index in [0.29, 0.717) is 99.1 Å². The first kappa shape index (κ1) is 30.6. The number of ether oxygens (including phenoxy) is 9. The predicted octanol–water partition coefficient (Wildman–Crippen LogP) is 0.327. The van der Waals surface area contributed by atoms with Gasteiger partial charge < -0.3 is 42.6 Å². The van der Waals surface area contributed by atoms with Crippen LogP contribution in [0.2, 0.25) is 0 Å². The average Bonchev–Trinajstić information content (AvgIpc) is 2.78. The highest BCUT2D eigenvalue weighted by molar-refractivity contribution is 4.57. The summed E-state index contributed by atoms with van der Waals surface area (Å²) in [7, 11) is 4.97. The minimum Gasteiger partial charge on any atom is -0.382 e. The predicted molar refractivity (Wildman–Crippen MR) is 117 cm³/mol.